The molecule has 2 aromatic rings. The van der Waals surface area contributed by atoms with Crippen molar-refractivity contribution in [1.29, 1.82) is 0 Å². The zero-order valence-corrected chi connectivity index (χ0v) is 18.2. The van der Waals surface area contributed by atoms with Crippen LogP contribution in [-0.4, -0.2) is 45.7 Å². The van der Waals surface area contributed by atoms with E-state index in [4.69, 9.17) is 4.74 Å². The highest BCUT2D eigenvalue weighted by atomic mass is 16.5. The maximum absolute atomic E-state index is 11.3. The molecular weight excluding hydrogens is 382 g/mol. The van der Waals surface area contributed by atoms with Crippen LogP contribution in [0.5, 0.6) is 0 Å². The summed E-state index contributed by atoms with van der Waals surface area (Å²) < 4.78 is 5.19. The van der Waals surface area contributed by atoms with Gasteiger partial charge in [0, 0.05) is 18.9 Å². The molecule has 8 nitrogen and oxygen atoms in total. The Kier molecular flexibility index (Phi) is 6.99. The monoisotopic (exact) mass is 413 g/mol. The van der Waals surface area contributed by atoms with Crippen molar-refractivity contribution in [3.8, 4) is 11.3 Å². The minimum absolute atomic E-state index is 0.137. The highest BCUT2D eigenvalue weighted by Crippen LogP contribution is 2.28. The third kappa shape index (κ3) is 5.52. The molecule has 30 heavy (non-hydrogen) atoms. The van der Waals surface area contributed by atoms with Gasteiger partial charge in [-0.2, -0.15) is 0 Å². The fourth-order valence-electron chi connectivity index (χ4n) is 3.53. The average Bonchev–Trinajstić information content (AvgIpc) is 2.74. The van der Waals surface area contributed by atoms with Crippen LogP contribution in [0.25, 0.3) is 11.3 Å². The zero-order valence-electron chi connectivity index (χ0n) is 18.2. The number of carbonyl (C=O) groups excluding carboxylic acids is 1. The van der Waals surface area contributed by atoms with Crippen molar-refractivity contribution in [2.75, 3.05) is 24.3 Å². The van der Waals surface area contributed by atoms with Gasteiger partial charge < -0.3 is 20.5 Å². The van der Waals surface area contributed by atoms with Gasteiger partial charge in [-0.15, -0.1) is 0 Å². The second kappa shape index (κ2) is 9.49. The standard InChI is InChI=1S/C15H17N5O2.C7H14O/c1-8-4-11(15(2,3)22)16-5-9(8)10-6-17-14-13(19-10)18-7-12(21)20-14;1-8-7-5-3-2-4-6-7/h4-6,22H,7H2,1-3H3,(H,18,19)(H,17,20,21);7H,2-6H2,1H3. The van der Waals surface area contributed by atoms with E-state index in [-0.39, 0.29) is 12.5 Å². The number of hydrogen-bond acceptors (Lipinski definition) is 7. The summed E-state index contributed by atoms with van der Waals surface area (Å²) in [5.74, 6) is 0.837. The second-order valence-corrected chi connectivity index (χ2v) is 8.29. The van der Waals surface area contributed by atoms with E-state index in [9.17, 15) is 9.90 Å². The predicted octanol–water partition coefficient (Wildman–Crippen LogP) is 3.40. The Bertz CT molecular complexity index is 889. The predicted molar refractivity (Wildman–Crippen MR) is 116 cm³/mol. The van der Waals surface area contributed by atoms with Crippen molar-refractivity contribution in [1.82, 2.24) is 15.0 Å². The van der Waals surface area contributed by atoms with Crippen LogP contribution in [0.4, 0.5) is 11.6 Å². The Morgan fingerprint density at radius 3 is 2.47 bits per heavy atom. The zero-order chi connectivity index (χ0) is 21.7. The Balaban J connectivity index is 0.000000269. The lowest BCUT2D eigenvalue weighted by Crippen LogP contribution is -2.28. The number of nitrogens with zero attached hydrogens (tertiary/aromatic N) is 3. The first kappa shape index (κ1) is 22.1. The van der Waals surface area contributed by atoms with E-state index < -0.39 is 5.60 Å². The van der Waals surface area contributed by atoms with Crippen LogP contribution in [0.1, 0.15) is 57.2 Å². The number of ether oxygens (including phenoxy) is 1. The van der Waals surface area contributed by atoms with Crippen LogP contribution in [0, 0.1) is 6.92 Å². The molecule has 0 bridgehead atoms. The van der Waals surface area contributed by atoms with Gasteiger partial charge in [-0.1, -0.05) is 19.3 Å². The summed E-state index contributed by atoms with van der Waals surface area (Å²) in [5.41, 5.74) is 2.05. The van der Waals surface area contributed by atoms with Crippen LogP contribution >= 0.6 is 0 Å². The van der Waals surface area contributed by atoms with Crippen molar-refractivity contribution < 1.29 is 14.6 Å². The van der Waals surface area contributed by atoms with Gasteiger partial charge >= 0.3 is 0 Å². The van der Waals surface area contributed by atoms with E-state index >= 15 is 0 Å². The van der Waals surface area contributed by atoms with Gasteiger partial charge in [-0.25, -0.2) is 9.97 Å². The quantitative estimate of drug-likeness (QED) is 0.707. The Hall–Kier alpha value is -2.58. The van der Waals surface area contributed by atoms with Crippen LogP contribution in [0.3, 0.4) is 0 Å². The molecular formula is C22H31N5O3. The molecule has 4 rings (SSSR count). The number of anilines is 2. The lowest BCUT2D eigenvalue weighted by molar-refractivity contribution is -0.114. The topological polar surface area (TPSA) is 109 Å². The van der Waals surface area contributed by atoms with E-state index in [2.05, 4.69) is 25.6 Å². The molecule has 162 valence electrons. The first-order valence-corrected chi connectivity index (χ1v) is 10.4. The van der Waals surface area contributed by atoms with E-state index in [1.807, 2.05) is 20.1 Å². The van der Waals surface area contributed by atoms with Crippen LogP contribution in [-0.2, 0) is 15.1 Å². The second-order valence-electron chi connectivity index (χ2n) is 8.29. The fraction of sp³-hybridized carbons (Fsp3) is 0.545. The van der Waals surface area contributed by atoms with Crippen molar-refractivity contribution in [3.05, 3.63) is 29.7 Å². The number of rotatable bonds is 3. The molecule has 1 saturated carbocycles. The summed E-state index contributed by atoms with van der Waals surface area (Å²) in [5, 5.41) is 15.6. The normalized spacial score (nSPS) is 16.6. The number of aliphatic hydroxyl groups is 1. The number of fused-ring (bicyclic) bond motifs is 1. The van der Waals surface area contributed by atoms with Crippen LogP contribution in [0.2, 0.25) is 0 Å². The lowest BCUT2D eigenvalue weighted by Gasteiger charge is -2.19. The van der Waals surface area contributed by atoms with Gasteiger partial charge in [0.1, 0.15) is 5.60 Å². The number of amides is 1. The molecule has 0 spiro atoms. The highest BCUT2D eigenvalue weighted by Gasteiger charge is 2.21. The molecule has 8 heteroatoms. The van der Waals surface area contributed by atoms with Gasteiger partial charge in [0.15, 0.2) is 11.6 Å². The largest absolute Gasteiger partial charge is 0.384 e. The highest BCUT2D eigenvalue weighted by molar-refractivity contribution is 5.98. The van der Waals surface area contributed by atoms with Gasteiger partial charge in [0.25, 0.3) is 0 Å². The number of methoxy groups -OCH3 is 1. The van der Waals surface area contributed by atoms with Gasteiger partial charge in [-0.05, 0) is 45.2 Å². The maximum atomic E-state index is 11.3. The minimum Gasteiger partial charge on any atom is -0.384 e. The molecule has 0 saturated heterocycles. The minimum atomic E-state index is -0.989. The molecule has 1 aliphatic heterocycles. The first-order chi connectivity index (χ1) is 14.3. The average molecular weight is 414 g/mol. The molecule has 1 fully saturated rings. The number of aromatic nitrogens is 3. The number of aryl methyl sites for hydroxylation is 1. The molecule has 2 aliphatic rings. The summed E-state index contributed by atoms with van der Waals surface area (Å²) in [6, 6.07) is 1.84. The molecule has 2 aromatic heterocycles. The van der Waals surface area contributed by atoms with Gasteiger partial charge in [-0.3, -0.25) is 9.78 Å². The van der Waals surface area contributed by atoms with Crippen LogP contribution in [0.15, 0.2) is 18.5 Å². The third-order valence-corrected chi connectivity index (χ3v) is 5.35. The molecule has 3 heterocycles. The van der Waals surface area contributed by atoms with Crippen molar-refractivity contribution >= 4 is 17.5 Å². The number of carbonyl (C=O) groups is 1. The molecule has 0 radical (unpaired) electrons. The molecule has 0 unspecified atom stereocenters. The third-order valence-electron chi connectivity index (χ3n) is 5.35. The van der Waals surface area contributed by atoms with E-state index in [0.29, 0.717) is 29.1 Å². The molecule has 1 amide bonds. The summed E-state index contributed by atoms with van der Waals surface area (Å²) in [6.45, 7) is 5.50. The van der Waals surface area contributed by atoms with Crippen molar-refractivity contribution in [2.45, 2.75) is 64.6 Å². The smallest absolute Gasteiger partial charge is 0.244 e. The van der Waals surface area contributed by atoms with Crippen molar-refractivity contribution in [2.24, 2.45) is 0 Å². The Labute approximate surface area is 177 Å². The first-order valence-electron chi connectivity index (χ1n) is 10.4. The maximum Gasteiger partial charge on any atom is 0.244 e. The molecule has 1 aliphatic carbocycles. The van der Waals surface area contributed by atoms with Crippen LogP contribution < -0.4 is 10.6 Å². The molecule has 0 aromatic carbocycles. The Morgan fingerprint density at radius 1 is 1.13 bits per heavy atom. The molecule has 0 atom stereocenters. The summed E-state index contributed by atoms with van der Waals surface area (Å²) >= 11 is 0. The summed E-state index contributed by atoms with van der Waals surface area (Å²) in [7, 11) is 1.82. The van der Waals surface area contributed by atoms with Crippen molar-refractivity contribution in [3.63, 3.8) is 0 Å². The molecule has 3 N–H and O–H groups in total. The number of pyridine rings is 1. The lowest BCUT2D eigenvalue weighted by atomic mass is 9.98. The summed E-state index contributed by atoms with van der Waals surface area (Å²) in [6.07, 6.45) is 10.6. The Morgan fingerprint density at radius 2 is 1.87 bits per heavy atom. The van der Waals surface area contributed by atoms with E-state index in [0.717, 1.165) is 11.1 Å². The van der Waals surface area contributed by atoms with E-state index in [1.165, 1.54) is 32.1 Å². The fourth-order valence-corrected chi connectivity index (χ4v) is 3.53. The SMILES string of the molecule is COC1CCCCC1.Cc1cc(C(C)(C)O)ncc1-c1cnc2c(n1)NCC(=O)N2. The number of nitrogens with one attached hydrogen (secondary N) is 2. The van der Waals surface area contributed by atoms with Gasteiger partial charge in [0.2, 0.25) is 5.91 Å². The van der Waals surface area contributed by atoms with Gasteiger partial charge in [0.05, 0.1) is 30.2 Å². The van der Waals surface area contributed by atoms with E-state index in [1.54, 1.807) is 26.2 Å². The number of hydrogen-bond donors (Lipinski definition) is 3. The summed E-state index contributed by atoms with van der Waals surface area (Å²) in [4.78, 5) is 24.3.